The van der Waals surface area contributed by atoms with Crippen LogP contribution in [0.3, 0.4) is 0 Å². The minimum absolute atomic E-state index is 0.0173. The van der Waals surface area contributed by atoms with Gasteiger partial charge in [-0.25, -0.2) is 4.79 Å². The molecular weight excluding hydrogens is 452 g/mol. The molecule has 0 aliphatic carbocycles. The van der Waals surface area contributed by atoms with Gasteiger partial charge in [0.25, 0.3) is 0 Å². The van der Waals surface area contributed by atoms with Crippen molar-refractivity contribution in [1.82, 2.24) is 0 Å². The van der Waals surface area contributed by atoms with Gasteiger partial charge >= 0.3 is 5.97 Å². The lowest BCUT2D eigenvalue weighted by molar-refractivity contribution is -0.301. The monoisotopic (exact) mass is 478 g/mol. The Morgan fingerprint density at radius 1 is 0.882 bits per heavy atom. The summed E-state index contributed by atoms with van der Waals surface area (Å²) in [5, 5.41) is 68.1. The molecule has 0 aromatic heterocycles. The van der Waals surface area contributed by atoms with Crippen molar-refractivity contribution in [2.24, 2.45) is 0 Å². The van der Waals surface area contributed by atoms with Crippen molar-refractivity contribution in [3.8, 4) is 23.0 Å². The maximum atomic E-state index is 12.0. The zero-order valence-corrected chi connectivity index (χ0v) is 17.9. The highest BCUT2D eigenvalue weighted by molar-refractivity contribution is 5.87. The molecule has 1 heterocycles. The summed E-state index contributed by atoms with van der Waals surface area (Å²) in [6.45, 7) is -0.426. The molecular formula is C23H26O11. The number of benzene rings is 2. The molecule has 0 unspecified atom stereocenters. The Hall–Kier alpha value is -3.35. The van der Waals surface area contributed by atoms with Crippen LogP contribution in [0.4, 0.5) is 0 Å². The van der Waals surface area contributed by atoms with Crippen LogP contribution in [0.5, 0.6) is 23.0 Å². The van der Waals surface area contributed by atoms with Crippen molar-refractivity contribution in [3.05, 3.63) is 53.6 Å². The minimum atomic E-state index is -1.62. The van der Waals surface area contributed by atoms with Crippen LogP contribution in [-0.2, 0) is 25.4 Å². The van der Waals surface area contributed by atoms with Gasteiger partial charge in [0, 0.05) is 6.08 Å². The van der Waals surface area contributed by atoms with Gasteiger partial charge in [-0.2, -0.15) is 0 Å². The lowest BCUT2D eigenvalue weighted by Gasteiger charge is -2.39. The van der Waals surface area contributed by atoms with Crippen molar-refractivity contribution >= 4 is 12.0 Å². The third-order valence-electron chi connectivity index (χ3n) is 5.18. The van der Waals surface area contributed by atoms with Gasteiger partial charge in [-0.1, -0.05) is 12.1 Å². The number of carbonyl (C=O) groups excluding carboxylic acids is 1. The summed E-state index contributed by atoms with van der Waals surface area (Å²) in [7, 11) is 0. The molecule has 0 radical (unpaired) electrons. The predicted octanol–water partition coefficient (Wildman–Crippen LogP) is 0.132. The first-order valence-electron chi connectivity index (χ1n) is 10.3. The van der Waals surface area contributed by atoms with Crippen molar-refractivity contribution in [2.45, 2.75) is 37.1 Å². The summed E-state index contributed by atoms with van der Waals surface area (Å²) in [6, 6.07) is 8.21. The number of phenols is 4. The molecule has 3 rings (SSSR count). The highest BCUT2D eigenvalue weighted by Gasteiger charge is 2.44. The maximum absolute atomic E-state index is 12.0. The van der Waals surface area contributed by atoms with Crippen molar-refractivity contribution in [2.75, 3.05) is 13.2 Å². The maximum Gasteiger partial charge on any atom is 0.330 e. The van der Waals surface area contributed by atoms with Gasteiger partial charge < -0.3 is 50.0 Å². The van der Waals surface area contributed by atoms with E-state index in [0.29, 0.717) is 11.1 Å². The summed E-state index contributed by atoms with van der Waals surface area (Å²) in [6.07, 6.45) is -4.53. The number of aliphatic hydroxyl groups excluding tert-OH is 3. The molecule has 1 aliphatic rings. The van der Waals surface area contributed by atoms with E-state index in [-0.39, 0.29) is 36.0 Å². The number of rotatable bonds is 8. The van der Waals surface area contributed by atoms with Gasteiger partial charge in [0.15, 0.2) is 29.3 Å². The number of hydrogen-bond donors (Lipinski definition) is 7. The quantitative estimate of drug-likeness (QED) is 0.155. The van der Waals surface area contributed by atoms with Crippen molar-refractivity contribution in [3.63, 3.8) is 0 Å². The molecule has 2 aromatic rings. The van der Waals surface area contributed by atoms with E-state index in [9.17, 15) is 40.5 Å². The SMILES string of the molecule is O=C(C=Cc1ccc(O)c(O)c1)OC[C@@H]1O[C@@H](OCCc2ccc(O)c(O)c2)[C@@H](O)[C@H](O)[C@H]1O. The molecule has 34 heavy (non-hydrogen) atoms. The van der Waals surface area contributed by atoms with Gasteiger partial charge in [0.05, 0.1) is 6.61 Å². The number of esters is 1. The number of phenolic OH excluding ortho intramolecular Hbond substituents is 4. The van der Waals surface area contributed by atoms with Crippen LogP contribution in [-0.4, -0.2) is 85.6 Å². The standard InChI is InChI=1S/C23H26O11/c24-14-4-1-12(9-16(14)26)3-6-19(28)33-11-18-20(29)21(30)22(31)23(34-18)32-8-7-13-2-5-15(25)17(27)10-13/h1-6,9-10,18,20-27,29-31H,7-8,11H2/t18-,20-,21+,22-,23+/m0/s1. The van der Waals surface area contributed by atoms with Gasteiger partial charge in [-0.15, -0.1) is 0 Å². The summed E-state index contributed by atoms with van der Waals surface area (Å²) >= 11 is 0. The van der Waals surface area contributed by atoms with E-state index >= 15 is 0 Å². The molecule has 1 aliphatic heterocycles. The number of aliphatic hydroxyl groups is 3. The molecule has 5 atom stereocenters. The summed E-state index contributed by atoms with van der Waals surface area (Å²) in [5.41, 5.74) is 1.07. The molecule has 0 amide bonds. The van der Waals surface area contributed by atoms with Crippen LogP contribution in [0.1, 0.15) is 11.1 Å². The first-order valence-corrected chi connectivity index (χ1v) is 10.3. The lowest BCUT2D eigenvalue weighted by atomic mass is 9.99. The Morgan fingerprint density at radius 2 is 1.56 bits per heavy atom. The Balaban J connectivity index is 1.52. The first-order chi connectivity index (χ1) is 16.2. The molecule has 0 spiro atoms. The molecule has 2 aromatic carbocycles. The van der Waals surface area contributed by atoms with E-state index < -0.39 is 43.3 Å². The fraction of sp³-hybridized carbons (Fsp3) is 0.348. The summed E-state index contributed by atoms with van der Waals surface area (Å²) < 4.78 is 16.0. The Labute approximate surface area is 194 Å². The van der Waals surface area contributed by atoms with Gasteiger partial charge in [0.1, 0.15) is 31.0 Å². The lowest BCUT2D eigenvalue weighted by Crippen LogP contribution is -2.59. The van der Waals surface area contributed by atoms with Crippen LogP contribution >= 0.6 is 0 Å². The zero-order chi connectivity index (χ0) is 24.8. The largest absolute Gasteiger partial charge is 0.504 e. The second-order valence-electron chi connectivity index (χ2n) is 7.67. The molecule has 0 saturated carbocycles. The average Bonchev–Trinajstić information content (AvgIpc) is 2.81. The molecule has 11 nitrogen and oxygen atoms in total. The van der Waals surface area contributed by atoms with Crippen LogP contribution in [0.25, 0.3) is 6.08 Å². The second-order valence-corrected chi connectivity index (χ2v) is 7.67. The fourth-order valence-electron chi connectivity index (χ4n) is 3.23. The second kappa shape index (κ2) is 11.2. The number of ether oxygens (including phenoxy) is 3. The molecule has 11 heteroatoms. The Kier molecular flexibility index (Phi) is 8.31. The van der Waals surface area contributed by atoms with E-state index in [1.54, 1.807) is 6.07 Å². The van der Waals surface area contributed by atoms with Gasteiger partial charge in [-0.3, -0.25) is 0 Å². The highest BCUT2D eigenvalue weighted by Crippen LogP contribution is 2.27. The topological polar surface area (TPSA) is 186 Å². The van der Waals surface area contributed by atoms with E-state index in [1.807, 2.05) is 0 Å². The summed E-state index contributed by atoms with van der Waals surface area (Å²) in [4.78, 5) is 12.0. The highest BCUT2D eigenvalue weighted by atomic mass is 16.7. The van der Waals surface area contributed by atoms with E-state index in [0.717, 1.165) is 6.08 Å². The average molecular weight is 478 g/mol. The smallest absolute Gasteiger partial charge is 0.330 e. The molecule has 1 fully saturated rings. The van der Waals surface area contributed by atoms with E-state index in [1.165, 1.54) is 36.4 Å². The molecule has 7 N–H and O–H groups in total. The van der Waals surface area contributed by atoms with Gasteiger partial charge in [-0.05, 0) is 47.9 Å². The zero-order valence-electron chi connectivity index (χ0n) is 17.9. The molecule has 1 saturated heterocycles. The Morgan fingerprint density at radius 3 is 2.24 bits per heavy atom. The third kappa shape index (κ3) is 6.37. The molecule has 0 bridgehead atoms. The van der Waals surface area contributed by atoms with Crippen molar-refractivity contribution < 1.29 is 54.8 Å². The Bertz CT molecular complexity index is 1020. The number of hydrogen-bond acceptors (Lipinski definition) is 11. The third-order valence-corrected chi connectivity index (χ3v) is 5.18. The van der Waals surface area contributed by atoms with Crippen molar-refractivity contribution in [1.29, 1.82) is 0 Å². The van der Waals surface area contributed by atoms with Crippen LogP contribution in [0.2, 0.25) is 0 Å². The van der Waals surface area contributed by atoms with E-state index in [2.05, 4.69) is 0 Å². The van der Waals surface area contributed by atoms with E-state index in [4.69, 9.17) is 14.2 Å². The first kappa shape index (κ1) is 25.3. The fourth-order valence-corrected chi connectivity index (χ4v) is 3.23. The summed E-state index contributed by atoms with van der Waals surface area (Å²) in [5.74, 6) is -2.00. The van der Waals surface area contributed by atoms with Crippen LogP contribution < -0.4 is 0 Å². The normalized spacial score (nSPS) is 24.9. The van der Waals surface area contributed by atoms with Crippen LogP contribution in [0, 0.1) is 0 Å². The number of aromatic hydroxyl groups is 4. The minimum Gasteiger partial charge on any atom is -0.504 e. The number of carbonyl (C=O) groups is 1. The molecule has 184 valence electrons. The van der Waals surface area contributed by atoms with Crippen LogP contribution in [0.15, 0.2) is 42.5 Å². The predicted molar refractivity (Wildman–Crippen MR) is 116 cm³/mol. The van der Waals surface area contributed by atoms with Gasteiger partial charge in [0.2, 0.25) is 0 Å².